The number of rotatable bonds is 10. The number of carbonyl (C=O) groups excluding carboxylic acids is 2. The first kappa shape index (κ1) is 26.8. The molecule has 0 saturated heterocycles. The van der Waals surface area contributed by atoms with Gasteiger partial charge in [-0.3, -0.25) is 14.1 Å². The smallest absolute Gasteiger partial charge is 0.459 e. The Bertz CT molecular complexity index is 746. The van der Waals surface area contributed by atoms with E-state index in [1.807, 2.05) is 0 Å². The van der Waals surface area contributed by atoms with E-state index < -0.39 is 64.6 Å². The van der Waals surface area contributed by atoms with Crippen LogP contribution < -0.4 is 0 Å². The molecule has 0 bridgehead atoms. The van der Waals surface area contributed by atoms with Gasteiger partial charge in [0.05, 0.1) is 18.4 Å². The minimum absolute atomic E-state index is 0.398. The van der Waals surface area contributed by atoms with Crippen LogP contribution in [-0.4, -0.2) is 55.6 Å². The second-order valence-corrected chi connectivity index (χ2v) is 9.64. The Labute approximate surface area is 183 Å². The molecule has 0 aliphatic heterocycles. The zero-order valence-corrected chi connectivity index (χ0v) is 18.3. The Hall–Kier alpha value is -1.47. The van der Waals surface area contributed by atoms with Crippen LogP contribution in [0.2, 0.25) is 0 Å². The van der Waals surface area contributed by atoms with E-state index in [4.69, 9.17) is 14.0 Å². The molecule has 0 aromatic carbocycles. The third-order valence-electron chi connectivity index (χ3n) is 5.68. The SMILES string of the molecule is O=C(OCC(COC(F)(F)C(F)(F)S(=O)(=O)O)OC(=O)C1CCCCC1)C1CCCCC1. The van der Waals surface area contributed by atoms with Gasteiger partial charge in [0.1, 0.15) is 6.61 Å². The summed E-state index contributed by atoms with van der Waals surface area (Å²) in [6, 6.07) is 0. The molecule has 186 valence electrons. The van der Waals surface area contributed by atoms with E-state index in [0.717, 1.165) is 38.5 Å². The molecule has 2 saturated carbocycles. The third kappa shape index (κ3) is 7.01. The van der Waals surface area contributed by atoms with Crippen molar-refractivity contribution < 1.29 is 54.3 Å². The predicted octanol–water partition coefficient (Wildman–Crippen LogP) is 3.69. The zero-order chi connectivity index (χ0) is 24.0. The molecule has 2 aliphatic carbocycles. The van der Waals surface area contributed by atoms with Gasteiger partial charge in [0, 0.05) is 0 Å². The summed E-state index contributed by atoms with van der Waals surface area (Å²) in [6.07, 6.45) is -0.0596. The van der Waals surface area contributed by atoms with Crippen molar-refractivity contribution >= 4 is 22.1 Å². The molecule has 0 amide bonds. The van der Waals surface area contributed by atoms with Crippen molar-refractivity contribution in [1.82, 2.24) is 0 Å². The minimum Gasteiger partial charge on any atom is -0.461 e. The average molecular weight is 492 g/mol. The van der Waals surface area contributed by atoms with Crippen LogP contribution in [0.25, 0.3) is 0 Å². The highest BCUT2D eigenvalue weighted by atomic mass is 32.2. The Morgan fingerprint density at radius 3 is 1.78 bits per heavy atom. The lowest BCUT2D eigenvalue weighted by molar-refractivity contribution is -0.324. The standard InChI is InChI=1S/C19H28F4O8S/c20-18(21,19(22,23)32(26,27)28)30-12-15(31-17(25)14-9-5-2-6-10-14)11-29-16(24)13-7-3-1-4-8-13/h13-15H,1-12H2,(H,26,27,28). The van der Waals surface area contributed by atoms with Gasteiger partial charge in [-0.05, 0) is 25.7 Å². The molecule has 32 heavy (non-hydrogen) atoms. The predicted molar refractivity (Wildman–Crippen MR) is 101 cm³/mol. The molecule has 0 radical (unpaired) electrons. The van der Waals surface area contributed by atoms with Crippen LogP contribution in [0.3, 0.4) is 0 Å². The highest BCUT2D eigenvalue weighted by molar-refractivity contribution is 7.86. The quantitative estimate of drug-likeness (QED) is 0.279. The molecular weight excluding hydrogens is 464 g/mol. The summed E-state index contributed by atoms with van der Waals surface area (Å²) >= 11 is 0. The molecule has 13 heteroatoms. The molecule has 0 spiro atoms. The number of carbonyl (C=O) groups is 2. The fourth-order valence-corrected chi connectivity index (χ4v) is 4.14. The van der Waals surface area contributed by atoms with Crippen LogP contribution in [0, 0.1) is 11.8 Å². The van der Waals surface area contributed by atoms with Crippen molar-refractivity contribution in [3.63, 3.8) is 0 Å². The van der Waals surface area contributed by atoms with Crippen LogP contribution in [0.4, 0.5) is 17.6 Å². The average Bonchev–Trinajstić information content (AvgIpc) is 2.75. The number of ether oxygens (including phenoxy) is 3. The van der Waals surface area contributed by atoms with Crippen molar-refractivity contribution in [2.45, 2.75) is 81.7 Å². The van der Waals surface area contributed by atoms with Crippen molar-refractivity contribution in [3.8, 4) is 0 Å². The van der Waals surface area contributed by atoms with E-state index in [9.17, 15) is 35.6 Å². The Morgan fingerprint density at radius 2 is 1.31 bits per heavy atom. The summed E-state index contributed by atoms with van der Waals surface area (Å²) in [4.78, 5) is 24.5. The van der Waals surface area contributed by atoms with Gasteiger partial charge in [0.2, 0.25) is 0 Å². The highest BCUT2D eigenvalue weighted by Crippen LogP contribution is 2.39. The largest absolute Gasteiger partial charge is 0.461 e. The van der Waals surface area contributed by atoms with Gasteiger partial charge in [0.15, 0.2) is 6.10 Å². The van der Waals surface area contributed by atoms with Crippen LogP contribution in [-0.2, 0) is 33.9 Å². The van der Waals surface area contributed by atoms with Gasteiger partial charge < -0.3 is 14.2 Å². The van der Waals surface area contributed by atoms with E-state index in [-0.39, 0.29) is 0 Å². The van der Waals surface area contributed by atoms with Gasteiger partial charge in [-0.15, -0.1) is 0 Å². The second-order valence-electron chi connectivity index (χ2n) is 8.18. The fraction of sp³-hybridized carbons (Fsp3) is 0.895. The lowest BCUT2D eigenvalue weighted by atomic mass is 9.89. The normalized spacial score (nSPS) is 20.5. The lowest BCUT2D eigenvalue weighted by Gasteiger charge is -2.28. The molecule has 0 aromatic heterocycles. The van der Waals surface area contributed by atoms with E-state index in [1.165, 1.54) is 0 Å². The topological polar surface area (TPSA) is 116 Å². The summed E-state index contributed by atoms with van der Waals surface area (Å²) in [5, 5.41) is -5.93. The highest BCUT2D eigenvalue weighted by Gasteiger charge is 2.67. The van der Waals surface area contributed by atoms with Crippen molar-refractivity contribution in [2.75, 3.05) is 13.2 Å². The van der Waals surface area contributed by atoms with Gasteiger partial charge in [0.25, 0.3) is 0 Å². The zero-order valence-electron chi connectivity index (χ0n) is 17.4. The Morgan fingerprint density at radius 1 is 0.844 bits per heavy atom. The molecule has 0 aromatic rings. The number of esters is 2. The maximum Gasteiger partial charge on any atom is 0.459 e. The first-order valence-corrected chi connectivity index (χ1v) is 12.0. The maximum absolute atomic E-state index is 13.7. The lowest BCUT2D eigenvalue weighted by Crippen LogP contribution is -2.50. The minimum atomic E-state index is -6.49. The molecule has 2 fully saturated rings. The van der Waals surface area contributed by atoms with Gasteiger partial charge in [-0.1, -0.05) is 38.5 Å². The Balaban J connectivity index is 2.03. The van der Waals surface area contributed by atoms with Crippen LogP contribution in [0.5, 0.6) is 0 Å². The molecule has 8 nitrogen and oxygen atoms in total. The maximum atomic E-state index is 13.7. The number of alkyl halides is 4. The van der Waals surface area contributed by atoms with E-state index in [2.05, 4.69) is 4.74 Å². The number of halogens is 4. The molecule has 2 aliphatic rings. The second kappa shape index (κ2) is 11.1. The van der Waals surface area contributed by atoms with E-state index >= 15 is 0 Å². The third-order valence-corrected chi connectivity index (χ3v) is 6.57. The van der Waals surface area contributed by atoms with Crippen molar-refractivity contribution in [1.29, 1.82) is 0 Å². The first-order chi connectivity index (χ1) is 14.8. The summed E-state index contributed by atoms with van der Waals surface area (Å²) in [6.45, 7) is -2.10. The molecule has 1 unspecified atom stereocenters. The van der Waals surface area contributed by atoms with Gasteiger partial charge in [-0.2, -0.15) is 26.0 Å². The molecular formula is C19H28F4O8S. The fourth-order valence-electron chi connectivity index (χ4n) is 3.78. The van der Waals surface area contributed by atoms with Crippen LogP contribution >= 0.6 is 0 Å². The molecule has 1 N–H and O–H groups in total. The number of hydrogen-bond donors (Lipinski definition) is 1. The molecule has 0 heterocycles. The summed E-state index contributed by atoms with van der Waals surface area (Å²) in [7, 11) is -6.49. The first-order valence-electron chi connectivity index (χ1n) is 10.6. The summed E-state index contributed by atoms with van der Waals surface area (Å²) < 4.78 is 97.6. The molecule has 1 atom stereocenters. The van der Waals surface area contributed by atoms with Crippen LogP contribution in [0.15, 0.2) is 0 Å². The van der Waals surface area contributed by atoms with Gasteiger partial charge >= 0.3 is 33.4 Å². The van der Waals surface area contributed by atoms with E-state index in [0.29, 0.717) is 25.7 Å². The van der Waals surface area contributed by atoms with Crippen molar-refractivity contribution in [2.24, 2.45) is 11.8 Å². The monoisotopic (exact) mass is 492 g/mol. The van der Waals surface area contributed by atoms with E-state index in [1.54, 1.807) is 0 Å². The summed E-state index contributed by atoms with van der Waals surface area (Å²) in [5.74, 6) is -2.31. The summed E-state index contributed by atoms with van der Waals surface area (Å²) in [5.41, 5.74) is 0. The van der Waals surface area contributed by atoms with Gasteiger partial charge in [-0.25, -0.2) is 0 Å². The number of hydrogen-bond acceptors (Lipinski definition) is 7. The van der Waals surface area contributed by atoms with Crippen molar-refractivity contribution in [3.05, 3.63) is 0 Å². The molecule has 2 rings (SSSR count). The van der Waals surface area contributed by atoms with Crippen LogP contribution in [0.1, 0.15) is 64.2 Å². The Kier molecular flexibility index (Phi) is 9.29.